The molecule has 0 aromatic carbocycles. The van der Waals surface area contributed by atoms with Crippen LogP contribution in [-0.4, -0.2) is 14.6 Å². The smallest absolute Gasteiger partial charge is 0.225 e. The number of nitriles is 1. The molecule has 0 saturated heterocycles. The average Bonchev–Trinajstić information content (AvgIpc) is 1.68. The van der Waals surface area contributed by atoms with Gasteiger partial charge >= 0.3 is 0 Å². The highest BCUT2D eigenvalue weighted by atomic mass is 28.2. The summed E-state index contributed by atoms with van der Waals surface area (Å²) in [4.78, 5) is 8.24. The molecule has 0 aliphatic rings. The Labute approximate surface area is 45.7 Å². The molecule has 3 heteroatoms. The predicted molar refractivity (Wildman–Crippen MR) is 27.6 cm³/mol. The van der Waals surface area contributed by atoms with Gasteiger partial charge in [-0.15, -0.1) is 0 Å². The molecule has 2 nitrogen and oxygen atoms in total. The fourth-order valence-electron chi connectivity index (χ4n) is 0.183. The van der Waals surface area contributed by atoms with E-state index in [0.717, 1.165) is 0 Å². The molecule has 0 fully saturated rings. The second-order valence-electron chi connectivity index (χ2n) is 1.39. The molecule has 0 aliphatic carbocycles. The van der Waals surface area contributed by atoms with Crippen LogP contribution in [0.25, 0.3) is 0 Å². The lowest BCUT2D eigenvalue weighted by atomic mass is 10.3. The molecule has 0 aromatic rings. The highest BCUT2D eigenvalue weighted by molar-refractivity contribution is 6.25. The molecule has 0 aliphatic heterocycles. The number of hydrogen-bond acceptors (Lipinski definition) is 2. The van der Waals surface area contributed by atoms with E-state index in [2.05, 4.69) is 0 Å². The maximum Gasteiger partial charge on any atom is 0.225 e. The van der Waals surface area contributed by atoms with E-state index in [4.69, 9.17) is 10.1 Å². The second kappa shape index (κ2) is 3.84. The van der Waals surface area contributed by atoms with E-state index < -0.39 is 0 Å². The van der Waals surface area contributed by atoms with Gasteiger partial charge < -0.3 is 4.80 Å². The summed E-state index contributed by atoms with van der Waals surface area (Å²) in [7, 11) is -0.0776. The minimum absolute atomic E-state index is 0.0170. The van der Waals surface area contributed by atoms with Crippen molar-refractivity contribution in [2.75, 3.05) is 0 Å². The molecular weight excluding hydrogens is 106 g/mol. The largest absolute Gasteiger partial charge is 0.432 e. The Bertz CT molecular complexity index is 78.2. The zero-order valence-corrected chi connectivity index (χ0v) is 5.18. The quantitative estimate of drug-likeness (QED) is 0.519. The van der Waals surface area contributed by atoms with Gasteiger partial charge in [0.1, 0.15) is 0 Å². The summed E-state index contributed by atoms with van der Waals surface area (Å²) in [6.45, 7) is 1.79. The lowest BCUT2D eigenvalue weighted by Gasteiger charge is -1.90. The first-order chi connectivity index (χ1) is 3.31. The van der Waals surface area contributed by atoms with Gasteiger partial charge in [-0.25, -0.2) is 0 Å². The van der Waals surface area contributed by atoms with Crippen LogP contribution >= 0.6 is 0 Å². The van der Waals surface area contributed by atoms with E-state index in [1.165, 1.54) is 0 Å². The molecule has 1 unspecified atom stereocenters. The molecule has 0 amide bonds. The Morgan fingerprint density at radius 3 is 2.71 bits per heavy atom. The first-order valence-corrected chi connectivity index (χ1v) is 3.23. The van der Waals surface area contributed by atoms with Gasteiger partial charge in [-0.3, -0.25) is 0 Å². The van der Waals surface area contributed by atoms with Crippen molar-refractivity contribution in [2.45, 2.75) is 13.0 Å². The van der Waals surface area contributed by atoms with Crippen LogP contribution in [0.3, 0.4) is 0 Å². The normalized spacial score (nSPS) is 12.7. The summed E-state index contributed by atoms with van der Waals surface area (Å²) in [5.74, 6) is 0.0170. The fourth-order valence-corrected chi connectivity index (χ4v) is 0.548. The Balaban J connectivity index is 3.04. The van der Waals surface area contributed by atoms with Crippen molar-refractivity contribution < 1.29 is 4.80 Å². The Morgan fingerprint density at radius 1 is 2.00 bits per heavy atom. The van der Waals surface area contributed by atoms with Gasteiger partial charge in [-0.1, -0.05) is 0 Å². The van der Waals surface area contributed by atoms with Crippen LogP contribution in [0.5, 0.6) is 0 Å². The van der Waals surface area contributed by atoms with Crippen molar-refractivity contribution in [1.82, 2.24) is 0 Å². The molecule has 0 saturated carbocycles. The summed E-state index contributed by atoms with van der Waals surface area (Å²) in [6.07, 6.45) is 0. The van der Waals surface area contributed by atoms with Gasteiger partial charge in [0.2, 0.25) is 9.76 Å². The van der Waals surface area contributed by atoms with Crippen molar-refractivity contribution >= 4 is 9.76 Å². The van der Waals surface area contributed by atoms with Crippen molar-refractivity contribution in [3.05, 3.63) is 0 Å². The van der Waals surface area contributed by atoms with E-state index in [-0.39, 0.29) is 15.7 Å². The highest BCUT2D eigenvalue weighted by Crippen LogP contribution is 1.95. The maximum absolute atomic E-state index is 8.24. The van der Waals surface area contributed by atoms with E-state index in [1.54, 1.807) is 6.92 Å². The Kier molecular flexibility index (Phi) is 3.66. The van der Waals surface area contributed by atoms with Crippen molar-refractivity contribution in [1.29, 1.82) is 5.26 Å². The van der Waals surface area contributed by atoms with Crippen LogP contribution in [0.15, 0.2) is 0 Å². The summed E-state index contributed by atoms with van der Waals surface area (Å²) >= 11 is 0. The lowest BCUT2D eigenvalue weighted by molar-refractivity contribution is 0.589. The third-order valence-electron chi connectivity index (χ3n) is 0.618. The third kappa shape index (κ3) is 3.50. The minimum atomic E-state index is -0.0776. The minimum Gasteiger partial charge on any atom is -0.432 e. The average molecular weight is 113 g/mol. The molecule has 7 heavy (non-hydrogen) atoms. The maximum atomic E-state index is 8.24. The molecule has 0 heterocycles. The zero-order chi connectivity index (χ0) is 5.70. The van der Waals surface area contributed by atoms with Crippen LogP contribution in [0, 0.1) is 17.2 Å². The molecule has 38 valence electrons. The first-order valence-electron chi connectivity index (χ1n) is 2.08. The van der Waals surface area contributed by atoms with Gasteiger partial charge in [0.05, 0.1) is 6.07 Å². The van der Waals surface area contributed by atoms with Crippen LogP contribution in [-0.2, 0) is 0 Å². The summed E-state index contributed by atoms with van der Waals surface area (Å²) in [5, 5.41) is 8.11. The summed E-state index contributed by atoms with van der Waals surface area (Å²) < 4.78 is 0. The molecule has 2 radical (unpaired) electrons. The predicted octanol–water partition coefficient (Wildman–Crippen LogP) is 0.176. The fraction of sp³-hybridized carbons (Fsp3) is 0.750. The standard InChI is InChI=1S/C4H7NOSi/c1-4(2-5)3-7-6/h4,6H,3H2,1H3. The van der Waals surface area contributed by atoms with Crippen LogP contribution < -0.4 is 0 Å². The SMILES string of the molecule is CC(C#N)C[Si]O. The van der Waals surface area contributed by atoms with E-state index in [9.17, 15) is 0 Å². The molecular formula is C4H7NOSi. The first kappa shape index (κ1) is 6.67. The van der Waals surface area contributed by atoms with Crippen LogP contribution in [0.1, 0.15) is 6.92 Å². The Hall–Kier alpha value is -0.333. The van der Waals surface area contributed by atoms with Gasteiger partial charge in [0, 0.05) is 5.92 Å². The summed E-state index contributed by atoms with van der Waals surface area (Å²) in [5.41, 5.74) is 0. The van der Waals surface area contributed by atoms with Gasteiger partial charge in [-0.05, 0) is 13.0 Å². The van der Waals surface area contributed by atoms with E-state index in [1.807, 2.05) is 6.07 Å². The monoisotopic (exact) mass is 113 g/mol. The molecule has 0 rings (SSSR count). The third-order valence-corrected chi connectivity index (χ3v) is 1.41. The second-order valence-corrected chi connectivity index (χ2v) is 2.12. The number of hydrogen-bond donors (Lipinski definition) is 1. The zero-order valence-electron chi connectivity index (χ0n) is 4.18. The molecule has 1 atom stereocenters. The van der Waals surface area contributed by atoms with E-state index >= 15 is 0 Å². The molecule has 0 spiro atoms. The Morgan fingerprint density at radius 2 is 2.57 bits per heavy atom. The lowest BCUT2D eigenvalue weighted by Crippen LogP contribution is -1.94. The molecule has 0 bridgehead atoms. The van der Waals surface area contributed by atoms with Crippen molar-refractivity contribution in [2.24, 2.45) is 5.92 Å². The van der Waals surface area contributed by atoms with Gasteiger partial charge in [0.25, 0.3) is 0 Å². The topological polar surface area (TPSA) is 44.0 Å². The van der Waals surface area contributed by atoms with Crippen LogP contribution in [0.4, 0.5) is 0 Å². The van der Waals surface area contributed by atoms with Crippen molar-refractivity contribution in [3.8, 4) is 6.07 Å². The van der Waals surface area contributed by atoms with E-state index in [0.29, 0.717) is 6.04 Å². The molecule has 0 aromatic heterocycles. The van der Waals surface area contributed by atoms with Crippen LogP contribution in [0.2, 0.25) is 6.04 Å². The van der Waals surface area contributed by atoms with Crippen molar-refractivity contribution in [3.63, 3.8) is 0 Å². The number of rotatable bonds is 2. The summed E-state index contributed by atoms with van der Waals surface area (Å²) in [6, 6.07) is 2.63. The van der Waals surface area contributed by atoms with Gasteiger partial charge in [-0.2, -0.15) is 5.26 Å². The van der Waals surface area contributed by atoms with Gasteiger partial charge in [0.15, 0.2) is 0 Å². The molecule has 1 N–H and O–H groups in total. The highest BCUT2D eigenvalue weighted by Gasteiger charge is 1.95. The number of nitrogens with zero attached hydrogens (tertiary/aromatic N) is 1.